The molecule has 5 heteroatoms. The van der Waals surface area contributed by atoms with Crippen LogP contribution in [-0.2, 0) is 11.3 Å². The van der Waals surface area contributed by atoms with Crippen molar-refractivity contribution < 1.29 is 9.84 Å². The predicted molar refractivity (Wildman–Crippen MR) is 87.3 cm³/mol. The number of aliphatic hydroxyl groups is 1. The number of ether oxygens (including phenoxy) is 1. The van der Waals surface area contributed by atoms with Crippen molar-refractivity contribution in [3.8, 4) is 5.69 Å². The summed E-state index contributed by atoms with van der Waals surface area (Å²) in [6, 6.07) is 10.4. The second kappa shape index (κ2) is 6.07. The van der Waals surface area contributed by atoms with Crippen LogP contribution in [0, 0.1) is 11.3 Å². The molecule has 2 fully saturated rings. The predicted octanol–water partition coefficient (Wildman–Crippen LogP) is 1.70. The average molecular weight is 313 g/mol. The third kappa shape index (κ3) is 2.80. The van der Waals surface area contributed by atoms with Crippen molar-refractivity contribution in [3.63, 3.8) is 0 Å². The summed E-state index contributed by atoms with van der Waals surface area (Å²) >= 11 is 0. The summed E-state index contributed by atoms with van der Waals surface area (Å²) in [7, 11) is 0. The molecule has 23 heavy (non-hydrogen) atoms. The SMILES string of the molecule is OC[C@]12COCC[C@H]1CN(Cc1cccc(-n3cccn3)c1)C2. The topological polar surface area (TPSA) is 50.5 Å². The standard InChI is InChI=1S/C18H23N3O2/c22-13-18-12-20(11-16(18)5-8-23-14-18)10-15-3-1-4-17(9-15)21-7-2-6-19-21/h1-4,6-7,9,16,22H,5,8,10-14H2/t16-,18+/m0/s1. The van der Waals surface area contributed by atoms with Gasteiger partial charge in [-0.15, -0.1) is 0 Å². The zero-order chi connectivity index (χ0) is 15.7. The fourth-order valence-electron chi connectivity index (χ4n) is 4.03. The van der Waals surface area contributed by atoms with E-state index < -0.39 is 0 Å². The van der Waals surface area contributed by atoms with Crippen LogP contribution in [0.15, 0.2) is 42.7 Å². The number of aromatic nitrogens is 2. The van der Waals surface area contributed by atoms with Gasteiger partial charge in [0.25, 0.3) is 0 Å². The molecule has 0 radical (unpaired) electrons. The molecule has 2 atom stereocenters. The highest BCUT2D eigenvalue weighted by Gasteiger charge is 2.47. The number of rotatable bonds is 4. The molecule has 3 heterocycles. The van der Waals surface area contributed by atoms with Crippen molar-refractivity contribution in [3.05, 3.63) is 48.3 Å². The van der Waals surface area contributed by atoms with Crippen molar-refractivity contribution in [1.29, 1.82) is 0 Å². The van der Waals surface area contributed by atoms with Gasteiger partial charge in [0.2, 0.25) is 0 Å². The maximum absolute atomic E-state index is 9.89. The normalized spacial score (nSPS) is 28.0. The highest BCUT2D eigenvalue weighted by molar-refractivity contribution is 5.35. The van der Waals surface area contributed by atoms with Crippen molar-refractivity contribution in [2.45, 2.75) is 13.0 Å². The van der Waals surface area contributed by atoms with Gasteiger partial charge in [0.05, 0.1) is 18.9 Å². The Bertz CT molecular complexity index is 658. The maximum atomic E-state index is 9.89. The third-order valence-electron chi connectivity index (χ3n) is 5.28. The summed E-state index contributed by atoms with van der Waals surface area (Å²) in [4.78, 5) is 2.46. The summed E-state index contributed by atoms with van der Waals surface area (Å²) < 4.78 is 7.53. The van der Waals surface area contributed by atoms with E-state index in [2.05, 4.69) is 34.3 Å². The van der Waals surface area contributed by atoms with Crippen molar-refractivity contribution >= 4 is 0 Å². The van der Waals surface area contributed by atoms with Crippen LogP contribution in [0.5, 0.6) is 0 Å². The largest absolute Gasteiger partial charge is 0.396 e. The summed E-state index contributed by atoms with van der Waals surface area (Å²) in [5.74, 6) is 0.551. The van der Waals surface area contributed by atoms with Gasteiger partial charge < -0.3 is 9.84 Å². The Morgan fingerprint density at radius 1 is 1.35 bits per heavy atom. The number of nitrogens with zero attached hydrogens (tertiary/aromatic N) is 3. The first-order valence-electron chi connectivity index (χ1n) is 8.29. The average Bonchev–Trinajstić information content (AvgIpc) is 3.23. The zero-order valence-electron chi connectivity index (χ0n) is 13.3. The Hall–Kier alpha value is -1.69. The lowest BCUT2D eigenvalue weighted by atomic mass is 9.76. The zero-order valence-corrected chi connectivity index (χ0v) is 13.3. The lowest BCUT2D eigenvalue weighted by Crippen LogP contribution is -2.42. The van der Waals surface area contributed by atoms with E-state index >= 15 is 0 Å². The van der Waals surface area contributed by atoms with Crippen LogP contribution in [0.1, 0.15) is 12.0 Å². The number of benzene rings is 1. The van der Waals surface area contributed by atoms with Crippen molar-refractivity contribution in [2.75, 3.05) is 32.9 Å². The lowest BCUT2D eigenvalue weighted by molar-refractivity contribution is -0.0561. The molecule has 2 aliphatic heterocycles. The monoisotopic (exact) mass is 313 g/mol. The molecule has 0 spiro atoms. The van der Waals surface area contributed by atoms with Gasteiger partial charge in [0, 0.05) is 44.0 Å². The minimum Gasteiger partial charge on any atom is -0.396 e. The molecular formula is C18H23N3O2. The Morgan fingerprint density at radius 3 is 3.09 bits per heavy atom. The summed E-state index contributed by atoms with van der Waals surface area (Å²) in [5.41, 5.74) is 2.31. The Kier molecular flexibility index (Phi) is 3.93. The lowest BCUT2D eigenvalue weighted by Gasteiger charge is -2.36. The highest BCUT2D eigenvalue weighted by Crippen LogP contribution is 2.41. The van der Waals surface area contributed by atoms with Gasteiger partial charge in [-0.2, -0.15) is 5.10 Å². The quantitative estimate of drug-likeness (QED) is 0.933. The van der Waals surface area contributed by atoms with Crippen LogP contribution in [0.3, 0.4) is 0 Å². The van der Waals surface area contributed by atoms with E-state index in [1.165, 1.54) is 5.56 Å². The molecular weight excluding hydrogens is 290 g/mol. The minimum atomic E-state index is -0.0577. The smallest absolute Gasteiger partial charge is 0.0648 e. The van der Waals surface area contributed by atoms with Gasteiger partial charge in [-0.25, -0.2) is 4.68 Å². The molecule has 122 valence electrons. The van der Waals surface area contributed by atoms with Crippen molar-refractivity contribution in [1.82, 2.24) is 14.7 Å². The fraction of sp³-hybridized carbons (Fsp3) is 0.500. The first-order chi connectivity index (χ1) is 11.3. The van der Waals surface area contributed by atoms with Crippen LogP contribution in [0.2, 0.25) is 0 Å². The Labute approximate surface area is 136 Å². The van der Waals surface area contributed by atoms with E-state index in [9.17, 15) is 5.11 Å². The van der Waals surface area contributed by atoms with Gasteiger partial charge in [-0.1, -0.05) is 12.1 Å². The molecule has 1 aromatic carbocycles. The van der Waals surface area contributed by atoms with E-state index in [0.29, 0.717) is 12.5 Å². The third-order valence-corrected chi connectivity index (χ3v) is 5.28. The van der Waals surface area contributed by atoms with Crippen LogP contribution >= 0.6 is 0 Å². The molecule has 2 saturated heterocycles. The molecule has 0 aliphatic carbocycles. The van der Waals surface area contributed by atoms with Gasteiger partial charge in [0.1, 0.15) is 0 Å². The number of aliphatic hydroxyl groups excluding tert-OH is 1. The molecule has 0 saturated carbocycles. The second-order valence-electron chi connectivity index (χ2n) is 6.85. The second-order valence-corrected chi connectivity index (χ2v) is 6.85. The summed E-state index contributed by atoms with van der Waals surface area (Å²) in [5, 5.41) is 14.2. The number of hydrogen-bond acceptors (Lipinski definition) is 4. The van der Waals surface area contributed by atoms with E-state index in [1.54, 1.807) is 6.20 Å². The van der Waals surface area contributed by atoms with Crippen molar-refractivity contribution in [2.24, 2.45) is 11.3 Å². The van der Waals surface area contributed by atoms with Crippen LogP contribution in [0.25, 0.3) is 5.69 Å². The fourth-order valence-corrected chi connectivity index (χ4v) is 4.03. The molecule has 0 amide bonds. The van der Waals surface area contributed by atoms with Gasteiger partial charge in [-0.3, -0.25) is 4.90 Å². The number of likely N-dealkylation sites (tertiary alicyclic amines) is 1. The number of hydrogen-bond donors (Lipinski definition) is 1. The van der Waals surface area contributed by atoms with E-state index in [1.807, 2.05) is 16.9 Å². The molecule has 1 N–H and O–H groups in total. The summed E-state index contributed by atoms with van der Waals surface area (Å²) in [6.07, 6.45) is 4.81. The van der Waals surface area contributed by atoms with E-state index in [0.717, 1.165) is 38.3 Å². The first kappa shape index (κ1) is 14.9. The molecule has 2 aromatic rings. The molecule has 1 aromatic heterocycles. The maximum Gasteiger partial charge on any atom is 0.0648 e. The molecule has 5 nitrogen and oxygen atoms in total. The van der Waals surface area contributed by atoms with Crippen LogP contribution < -0.4 is 0 Å². The molecule has 4 rings (SSSR count). The van der Waals surface area contributed by atoms with Gasteiger partial charge in [-0.05, 0) is 36.1 Å². The van der Waals surface area contributed by atoms with Crippen LogP contribution in [0.4, 0.5) is 0 Å². The Balaban J connectivity index is 1.50. The van der Waals surface area contributed by atoms with Gasteiger partial charge >= 0.3 is 0 Å². The highest BCUT2D eigenvalue weighted by atomic mass is 16.5. The van der Waals surface area contributed by atoms with Gasteiger partial charge in [0.15, 0.2) is 0 Å². The summed E-state index contributed by atoms with van der Waals surface area (Å²) in [6.45, 7) is 4.62. The van der Waals surface area contributed by atoms with Crippen LogP contribution in [-0.4, -0.2) is 52.7 Å². The minimum absolute atomic E-state index is 0.0577. The first-order valence-corrected chi connectivity index (χ1v) is 8.29. The number of fused-ring (bicyclic) bond motifs is 1. The van der Waals surface area contributed by atoms with E-state index in [4.69, 9.17) is 4.74 Å². The Morgan fingerprint density at radius 2 is 2.30 bits per heavy atom. The molecule has 2 aliphatic rings. The molecule has 0 bridgehead atoms. The molecule has 0 unspecified atom stereocenters. The van der Waals surface area contributed by atoms with E-state index in [-0.39, 0.29) is 12.0 Å².